The SMILES string of the molecule is C#Cc1c(F)ccc2cc(O)cc(-c3c(F)cc4c(N5C[C@H]6CC[C@@H](C5)N6)nc(OC[C@@]5(C)CCCN5CC)nc4c3F)c12. The van der Waals surface area contributed by atoms with Gasteiger partial charge in [-0.2, -0.15) is 9.97 Å². The van der Waals surface area contributed by atoms with Gasteiger partial charge >= 0.3 is 6.01 Å². The fraction of sp³-hybridized carbons (Fsp3) is 0.412. The summed E-state index contributed by atoms with van der Waals surface area (Å²) < 4.78 is 54.0. The highest BCUT2D eigenvalue weighted by Crippen LogP contribution is 2.42. The molecule has 2 N–H and O–H groups in total. The Labute approximate surface area is 254 Å². The molecular formula is C34H34F3N5O2. The Kier molecular flexibility index (Phi) is 7.06. The van der Waals surface area contributed by atoms with Crippen LogP contribution in [0.15, 0.2) is 30.3 Å². The zero-order chi connectivity index (χ0) is 30.7. The van der Waals surface area contributed by atoms with Crippen molar-refractivity contribution >= 4 is 27.5 Å². The summed E-state index contributed by atoms with van der Waals surface area (Å²) in [7, 11) is 0. The summed E-state index contributed by atoms with van der Waals surface area (Å²) in [6.07, 6.45) is 9.68. The molecule has 3 aliphatic rings. The highest BCUT2D eigenvalue weighted by Gasteiger charge is 2.38. The number of piperazine rings is 1. The van der Waals surface area contributed by atoms with E-state index in [4.69, 9.17) is 16.1 Å². The van der Waals surface area contributed by atoms with Gasteiger partial charge in [0.2, 0.25) is 0 Å². The fourth-order valence-electron chi connectivity index (χ4n) is 7.45. The van der Waals surface area contributed by atoms with Crippen molar-refractivity contribution in [2.75, 3.05) is 37.7 Å². The highest BCUT2D eigenvalue weighted by atomic mass is 19.1. The molecule has 0 saturated carbocycles. The molecule has 228 valence electrons. The average molecular weight is 602 g/mol. The van der Waals surface area contributed by atoms with Gasteiger partial charge < -0.3 is 20.1 Å². The van der Waals surface area contributed by atoms with Crippen LogP contribution < -0.4 is 15.0 Å². The van der Waals surface area contributed by atoms with Crippen LogP contribution in [0.1, 0.15) is 45.1 Å². The number of terminal acetylenes is 1. The summed E-state index contributed by atoms with van der Waals surface area (Å²) in [5.41, 5.74) is -1.01. The molecule has 4 aromatic rings. The van der Waals surface area contributed by atoms with Gasteiger partial charge in [0.15, 0.2) is 5.82 Å². The third-order valence-electron chi connectivity index (χ3n) is 9.62. The maximum atomic E-state index is 16.8. The zero-order valence-corrected chi connectivity index (χ0v) is 24.8. The lowest BCUT2D eigenvalue weighted by atomic mass is 9.92. The van der Waals surface area contributed by atoms with Gasteiger partial charge in [0.05, 0.1) is 16.7 Å². The summed E-state index contributed by atoms with van der Waals surface area (Å²) in [4.78, 5) is 13.7. The number of anilines is 1. The van der Waals surface area contributed by atoms with Crippen LogP contribution in [0.25, 0.3) is 32.8 Å². The van der Waals surface area contributed by atoms with E-state index >= 15 is 8.78 Å². The standard InChI is InChI=1S/C34H34F3N5O2/c1-4-23-26(35)10-7-19-13-22(43)14-24(28(19)23)29-27(36)15-25-31(30(29)37)39-33(44-18-34(3)11-6-12-42(34)5-2)40-32(25)41-16-20-8-9-21(17-41)38-20/h1,7,10,13-15,20-21,38,43H,5-6,8-9,11-12,16-18H2,2-3H3/t20-,21+,34-/m1/s1. The van der Waals surface area contributed by atoms with Crippen molar-refractivity contribution in [2.45, 2.75) is 57.2 Å². The molecule has 0 radical (unpaired) electrons. The minimum Gasteiger partial charge on any atom is -0.508 e. The maximum absolute atomic E-state index is 16.8. The number of phenols is 1. The molecule has 7 nitrogen and oxygen atoms in total. The number of likely N-dealkylation sites (tertiary alicyclic amines) is 1. The summed E-state index contributed by atoms with van der Waals surface area (Å²) in [6, 6.07) is 6.90. The number of halogens is 3. The Bertz CT molecular complexity index is 1830. The molecular weight excluding hydrogens is 567 g/mol. The Balaban J connectivity index is 1.42. The average Bonchev–Trinajstić information content (AvgIpc) is 3.55. The third-order valence-corrected chi connectivity index (χ3v) is 9.62. The van der Waals surface area contributed by atoms with Crippen LogP contribution in [0.2, 0.25) is 0 Å². The molecule has 3 aliphatic heterocycles. The summed E-state index contributed by atoms with van der Waals surface area (Å²) in [5, 5.41) is 14.8. The van der Waals surface area contributed by atoms with Crippen LogP contribution in [0.3, 0.4) is 0 Å². The number of ether oxygens (including phenoxy) is 1. The molecule has 2 bridgehead atoms. The van der Waals surface area contributed by atoms with Crippen molar-refractivity contribution in [1.82, 2.24) is 20.2 Å². The molecule has 0 amide bonds. The Morgan fingerprint density at radius 3 is 2.61 bits per heavy atom. The Morgan fingerprint density at radius 1 is 1.11 bits per heavy atom. The van der Waals surface area contributed by atoms with Gasteiger partial charge in [-0.3, -0.25) is 4.90 Å². The number of aromatic nitrogens is 2. The normalized spacial score (nSPS) is 23.5. The largest absolute Gasteiger partial charge is 0.508 e. The van der Waals surface area contributed by atoms with E-state index in [0.717, 1.165) is 38.8 Å². The molecule has 4 heterocycles. The van der Waals surface area contributed by atoms with E-state index in [-0.39, 0.29) is 56.8 Å². The molecule has 1 aromatic heterocycles. The lowest BCUT2D eigenvalue weighted by molar-refractivity contribution is 0.0908. The van der Waals surface area contributed by atoms with Gasteiger partial charge in [-0.15, -0.1) is 6.42 Å². The van der Waals surface area contributed by atoms with E-state index in [9.17, 15) is 9.50 Å². The summed E-state index contributed by atoms with van der Waals surface area (Å²) in [5.74, 6) is -0.0898. The molecule has 3 aromatic carbocycles. The minimum atomic E-state index is -0.965. The molecule has 0 aliphatic carbocycles. The second kappa shape index (κ2) is 10.8. The van der Waals surface area contributed by atoms with Crippen LogP contribution >= 0.6 is 0 Å². The van der Waals surface area contributed by atoms with E-state index in [1.807, 2.05) is 0 Å². The smallest absolute Gasteiger partial charge is 0.319 e. The zero-order valence-electron chi connectivity index (χ0n) is 24.8. The van der Waals surface area contributed by atoms with Crippen molar-refractivity contribution < 1.29 is 23.0 Å². The van der Waals surface area contributed by atoms with Gasteiger partial charge in [0.25, 0.3) is 0 Å². The van der Waals surface area contributed by atoms with Gasteiger partial charge in [-0.1, -0.05) is 18.9 Å². The van der Waals surface area contributed by atoms with Crippen LogP contribution in [0, 0.1) is 29.8 Å². The number of hydrogen-bond donors (Lipinski definition) is 2. The van der Waals surface area contributed by atoms with Crippen molar-refractivity contribution in [3.8, 4) is 35.2 Å². The molecule has 44 heavy (non-hydrogen) atoms. The Hall–Kier alpha value is -4.07. The quantitative estimate of drug-likeness (QED) is 0.273. The number of benzene rings is 3. The number of likely N-dealkylation sites (N-methyl/N-ethyl adjacent to an activating group) is 1. The third kappa shape index (κ3) is 4.70. The van der Waals surface area contributed by atoms with E-state index < -0.39 is 23.0 Å². The number of nitrogens with zero attached hydrogens (tertiary/aromatic N) is 4. The molecule has 0 unspecified atom stereocenters. The van der Waals surface area contributed by atoms with Crippen molar-refractivity contribution in [2.24, 2.45) is 0 Å². The van der Waals surface area contributed by atoms with Crippen molar-refractivity contribution in [3.05, 3.63) is 53.3 Å². The topological polar surface area (TPSA) is 73.8 Å². The first kappa shape index (κ1) is 28.7. The fourth-order valence-corrected chi connectivity index (χ4v) is 7.45. The van der Waals surface area contributed by atoms with E-state index in [2.05, 4.69) is 39.9 Å². The van der Waals surface area contributed by atoms with E-state index in [1.54, 1.807) is 0 Å². The molecule has 3 atom stereocenters. The van der Waals surface area contributed by atoms with Gasteiger partial charge in [0.1, 0.15) is 35.3 Å². The predicted octanol–water partition coefficient (Wildman–Crippen LogP) is 5.75. The number of aromatic hydroxyl groups is 1. The highest BCUT2D eigenvalue weighted by molar-refractivity contribution is 6.04. The number of fused-ring (bicyclic) bond motifs is 4. The van der Waals surface area contributed by atoms with Crippen LogP contribution in [0.5, 0.6) is 11.8 Å². The van der Waals surface area contributed by atoms with E-state index in [0.29, 0.717) is 30.9 Å². The monoisotopic (exact) mass is 601 g/mol. The second-order valence-electron chi connectivity index (χ2n) is 12.4. The first-order chi connectivity index (χ1) is 21.2. The van der Waals surface area contributed by atoms with Crippen LogP contribution in [-0.2, 0) is 0 Å². The molecule has 3 saturated heterocycles. The lowest BCUT2D eigenvalue weighted by Gasteiger charge is -2.35. The minimum absolute atomic E-state index is 0.00939. The molecule has 3 fully saturated rings. The second-order valence-corrected chi connectivity index (χ2v) is 12.4. The predicted molar refractivity (Wildman–Crippen MR) is 164 cm³/mol. The van der Waals surface area contributed by atoms with Crippen LogP contribution in [0.4, 0.5) is 19.0 Å². The molecule has 10 heteroatoms. The first-order valence-corrected chi connectivity index (χ1v) is 15.2. The number of nitrogens with one attached hydrogen (secondary N) is 1. The van der Waals surface area contributed by atoms with Crippen LogP contribution in [-0.4, -0.2) is 70.4 Å². The number of hydrogen-bond acceptors (Lipinski definition) is 7. The summed E-state index contributed by atoms with van der Waals surface area (Å²) in [6.45, 7) is 7.69. The Morgan fingerprint density at radius 2 is 1.89 bits per heavy atom. The molecule has 0 spiro atoms. The van der Waals surface area contributed by atoms with Gasteiger partial charge in [-0.05, 0) is 75.3 Å². The lowest BCUT2D eigenvalue weighted by Crippen LogP contribution is -2.51. The summed E-state index contributed by atoms with van der Waals surface area (Å²) >= 11 is 0. The maximum Gasteiger partial charge on any atom is 0.319 e. The first-order valence-electron chi connectivity index (χ1n) is 15.2. The van der Waals surface area contributed by atoms with Crippen molar-refractivity contribution in [3.63, 3.8) is 0 Å². The number of phenolic OH excluding ortho intramolecular Hbond substituents is 1. The van der Waals surface area contributed by atoms with Gasteiger partial charge in [-0.25, -0.2) is 13.2 Å². The van der Waals surface area contributed by atoms with Crippen molar-refractivity contribution in [1.29, 1.82) is 0 Å². The van der Waals surface area contributed by atoms with Gasteiger partial charge in [0, 0.05) is 41.5 Å². The van der Waals surface area contributed by atoms with E-state index in [1.165, 1.54) is 30.3 Å². The molecule has 7 rings (SSSR count). The number of rotatable bonds is 6.